The highest BCUT2D eigenvalue weighted by Gasteiger charge is 2.32. The first-order chi connectivity index (χ1) is 19.1. The Hall–Kier alpha value is -3.63. The molecule has 0 aromatic heterocycles. The number of anilines is 1. The molecule has 0 heterocycles. The fraction of sp³-hybridized carbons (Fsp3) is 0.310. The zero-order valence-corrected chi connectivity index (χ0v) is 24.2. The molecule has 0 unspecified atom stereocenters. The first-order valence-electron chi connectivity index (χ1n) is 12.8. The quantitative estimate of drug-likeness (QED) is 0.283. The second-order valence-corrected chi connectivity index (χ2v) is 11.4. The van der Waals surface area contributed by atoms with Crippen molar-refractivity contribution in [3.8, 4) is 5.75 Å². The molecule has 0 aliphatic carbocycles. The molecule has 1 atom stereocenters. The van der Waals surface area contributed by atoms with Gasteiger partial charge in [-0.25, -0.2) is 12.8 Å². The number of amides is 2. The van der Waals surface area contributed by atoms with Gasteiger partial charge in [-0.05, 0) is 61.4 Å². The minimum absolute atomic E-state index is 0.00745. The van der Waals surface area contributed by atoms with Crippen LogP contribution in [0, 0.1) is 5.82 Å². The van der Waals surface area contributed by atoms with Gasteiger partial charge >= 0.3 is 0 Å². The van der Waals surface area contributed by atoms with E-state index in [2.05, 4.69) is 5.32 Å². The first-order valence-corrected chi connectivity index (χ1v) is 14.6. The van der Waals surface area contributed by atoms with Crippen LogP contribution >= 0.6 is 11.6 Å². The van der Waals surface area contributed by atoms with Crippen LogP contribution in [0.3, 0.4) is 0 Å². The van der Waals surface area contributed by atoms with E-state index in [0.29, 0.717) is 17.9 Å². The number of nitrogens with one attached hydrogen (secondary N) is 1. The van der Waals surface area contributed by atoms with E-state index in [-0.39, 0.29) is 28.1 Å². The molecular weight excluding hydrogens is 557 g/mol. The zero-order chi connectivity index (χ0) is 29.3. The number of ether oxygens (including phenoxy) is 1. The number of unbranched alkanes of at least 4 members (excludes halogenated alkanes) is 1. The van der Waals surface area contributed by atoms with E-state index in [1.54, 1.807) is 49.4 Å². The molecule has 8 nitrogen and oxygen atoms in total. The van der Waals surface area contributed by atoms with Crippen molar-refractivity contribution in [1.82, 2.24) is 10.2 Å². The van der Waals surface area contributed by atoms with Crippen molar-refractivity contribution in [2.45, 2.75) is 44.2 Å². The van der Waals surface area contributed by atoms with Gasteiger partial charge < -0.3 is 15.0 Å². The van der Waals surface area contributed by atoms with Crippen LogP contribution in [0.2, 0.25) is 5.02 Å². The SMILES string of the molecule is CCCCNC(=O)[C@@H](C)N(Cc1ccc(OC)cc1)C(=O)CN(c1ccc(F)c(Cl)c1)S(=O)(=O)c1ccccc1. The summed E-state index contributed by atoms with van der Waals surface area (Å²) in [5.41, 5.74) is 0.720. The molecule has 0 bridgehead atoms. The van der Waals surface area contributed by atoms with Crippen molar-refractivity contribution in [3.63, 3.8) is 0 Å². The van der Waals surface area contributed by atoms with Crippen LogP contribution in [0.25, 0.3) is 0 Å². The Bertz CT molecular complexity index is 1400. The molecule has 214 valence electrons. The molecule has 0 saturated heterocycles. The summed E-state index contributed by atoms with van der Waals surface area (Å²) in [4.78, 5) is 28.1. The number of carbonyl (C=O) groups is 2. The molecule has 40 heavy (non-hydrogen) atoms. The molecule has 0 fully saturated rings. The standard InChI is InChI=1S/C29H33ClFN3O5S/c1-4-5-17-32-29(36)21(2)33(19-22-11-14-24(39-3)15-12-22)28(35)20-34(23-13-16-27(31)26(30)18-23)40(37,38)25-9-7-6-8-10-25/h6-16,18,21H,4-5,17,19-20H2,1-3H3,(H,32,36)/t21-/m1/s1. The summed E-state index contributed by atoms with van der Waals surface area (Å²) in [6.45, 7) is 3.43. The van der Waals surface area contributed by atoms with Gasteiger partial charge in [0.2, 0.25) is 11.8 Å². The van der Waals surface area contributed by atoms with Gasteiger partial charge in [0, 0.05) is 13.1 Å². The lowest BCUT2D eigenvalue weighted by atomic mass is 10.1. The van der Waals surface area contributed by atoms with E-state index < -0.39 is 34.3 Å². The molecule has 2 amide bonds. The van der Waals surface area contributed by atoms with Crippen LogP contribution < -0.4 is 14.4 Å². The summed E-state index contributed by atoms with van der Waals surface area (Å²) in [6.07, 6.45) is 1.66. The number of nitrogens with zero attached hydrogens (tertiary/aromatic N) is 2. The lowest BCUT2D eigenvalue weighted by Gasteiger charge is -2.32. The summed E-state index contributed by atoms with van der Waals surface area (Å²) in [5.74, 6) is -1.10. The second-order valence-electron chi connectivity index (χ2n) is 9.11. The van der Waals surface area contributed by atoms with Crippen molar-refractivity contribution in [1.29, 1.82) is 0 Å². The molecule has 3 aromatic rings. The molecule has 1 N–H and O–H groups in total. The minimum Gasteiger partial charge on any atom is -0.497 e. The number of sulfonamides is 1. The van der Waals surface area contributed by atoms with Gasteiger partial charge in [-0.15, -0.1) is 0 Å². The van der Waals surface area contributed by atoms with Crippen LogP contribution in [-0.4, -0.2) is 51.4 Å². The molecule has 0 spiro atoms. The number of methoxy groups -OCH3 is 1. The normalized spacial score (nSPS) is 11.9. The van der Waals surface area contributed by atoms with Crippen molar-refractivity contribution in [2.24, 2.45) is 0 Å². The molecule has 0 aliphatic heterocycles. The Morgan fingerprint density at radius 1 is 1.05 bits per heavy atom. The molecule has 11 heteroatoms. The van der Waals surface area contributed by atoms with E-state index in [0.717, 1.165) is 29.3 Å². The summed E-state index contributed by atoms with van der Waals surface area (Å²) < 4.78 is 47.5. The van der Waals surface area contributed by atoms with E-state index in [9.17, 15) is 22.4 Å². The lowest BCUT2D eigenvalue weighted by Crippen LogP contribution is -2.51. The average Bonchev–Trinajstić information content (AvgIpc) is 2.96. The fourth-order valence-electron chi connectivity index (χ4n) is 3.93. The average molecular weight is 590 g/mol. The Labute approximate surface area is 239 Å². The van der Waals surface area contributed by atoms with Gasteiger partial charge in [-0.1, -0.05) is 55.3 Å². The summed E-state index contributed by atoms with van der Waals surface area (Å²) in [6, 6.07) is 17.1. The summed E-state index contributed by atoms with van der Waals surface area (Å²) in [7, 11) is -2.73. The van der Waals surface area contributed by atoms with E-state index in [4.69, 9.17) is 16.3 Å². The van der Waals surface area contributed by atoms with Gasteiger partial charge in [0.1, 0.15) is 24.2 Å². The van der Waals surface area contributed by atoms with Crippen LogP contribution in [-0.2, 0) is 26.2 Å². The molecular formula is C29H33ClFN3O5S. The summed E-state index contributed by atoms with van der Waals surface area (Å²) >= 11 is 5.98. The Balaban J connectivity index is 2.00. The number of carbonyl (C=O) groups excluding carboxylic acids is 2. The molecule has 0 aliphatic rings. The number of rotatable bonds is 13. The van der Waals surface area contributed by atoms with Gasteiger partial charge in [0.05, 0.1) is 22.7 Å². The predicted molar refractivity (Wildman–Crippen MR) is 153 cm³/mol. The highest BCUT2D eigenvalue weighted by Crippen LogP contribution is 2.28. The number of benzene rings is 3. The van der Waals surface area contributed by atoms with Crippen LogP contribution in [0.4, 0.5) is 10.1 Å². The van der Waals surface area contributed by atoms with Gasteiger partial charge in [-0.3, -0.25) is 13.9 Å². The van der Waals surface area contributed by atoms with Crippen molar-refractivity contribution in [2.75, 3.05) is 24.5 Å². The van der Waals surface area contributed by atoms with E-state index in [1.165, 1.54) is 30.2 Å². The van der Waals surface area contributed by atoms with E-state index in [1.807, 2.05) is 6.92 Å². The second kappa shape index (κ2) is 14.1. The lowest BCUT2D eigenvalue weighted by molar-refractivity contribution is -0.139. The van der Waals surface area contributed by atoms with Crippen LogP contribution in [0.15, 0.2) is 77.7 Å². The largest absolute Gasteiger partial charge is 0.497 e. The Morgan fingerprint density at radius 3 is 2.33 bits per heavy atom. The van der Waals surface area contributed by atoms with Gasteiger partial charge in [-0.2, -0.15) is 0 Å². The number of hydrogen-bond donors (Lipinski definition) is 1. The Morgan fingerprint density at radius 2 is 1.73 bits per heavy atom. The van der Waals surface area contributed by atoms with Crippen LogP contribution in [0.5, 0.6) is 5.75 Å². The maximum absolute atomic E-state index is 14.0. The maximum atomic E-state index is 14.0. The van der Waals surface area contributed by atoms with Crippen molar-refractivity contribution in [3.05, 3.63) is 89.2 Å². The monoisotopic (exact) mass is 589 g/mol. The number of hydrogen-bond acceptors (Lipinski definition) is 5. The van der Waals surface area contributed by atoms with Crippen molar-refractivity contribution < 1.29 is 27.1 Å². The van der Waals surface area contributed by atoms with Crippen molar-refractivity contribution >= 4 is 39.1 Å². The predicted octanol–water partition coefficient (Wildman–Crippen LogP) is 5.02. The van der Waals surface area contributed by atoms with E-state index >= 15 is 0 Å². The topological polar surface area (TPSA) is 96.0 Å². The van der Waals surface area contributed by atoms with Crippen LogP contribution in [0.1, 0.15) is 32.3 Å². The zero-order valence-electron chi connectivity index (χ0n) is 22.6. The highest BCUT2D eigenvalue weighted by molar-refractivity contribution is 7.92. The molecule has 3 aromatic carbocycles. The highest BCUT2D eigenvalue weighted by atomic mass is 35.5. The third-order valence-corrected chi connectivity index (χ3v) is 8.39. The first kappa shape index (κ1) is 30.9. The fourth-order valence-corrected chi connectivity index (χ4v) is 5.54. The third kappa shape index (κ3) is 7.73. The van der Waals surface area contributed by atoms with Gasteiger partial charge in [0.15, 0.2) is 0 Å². The smallest absolute Gasteiger partial charge is 0.264 e. The van der Waals surface area contributed by atoms with Gasteiger partial charge in [0.25, 0.3) is 10.0 Å². The Kier molecular flexibility index (Phi) is 10.9. The summed E-state index contributed by atoms with van der Waals surface area (Å²) in [5, 5.41) is 2.54. The minimum atomic E-state index is -4.27. The maximum Gasteiger partial charge on any atom is 0.264 e. The third-order valence-electron chi connectivity index (χ3n) is 6.31. The molecule has 3 rings (SSSR count). The molecule has 0 radical (unpaired) electrons. The number of halogens is 2. The molecule has 0 saturated carbocycles.